The highest BCUT2D eigenvalue weighted by Gasteiger charge is 2.24. The Labute approximate surface area is 81.2 Å². The first-order chi connectivity index (χ1) is 6.20. The smallest absolute Gasteiger partial charge is 0.274 e. The van der Waals surface area contributed by atoms with Crippen LogP contribution in [0.2, 0.25) is 0 Å². The maximum Gasteiger partial charge on any atom is 0.274 e. The molecule has 0 saturated carbocycles. The first-order valence-corrected chi connectivity index (χ1v) is 4.49. The van der Waals surface area contributed by atoms with E-state index in [0.717, 1.165) is 0 Å². The first-order valence-electron chi connectivity index (χ1n) is 4.05. The molecule has 0 aliphatic carbocycles. The topological polar surface area (TPSA) is 53.8 Å². The van der Waals surface area contributed by atoms with E-state index in [1.165, 1.54) is 5.01 Å². The number of rotatable bonds is 4. The standard InChI is InChI=1S/C6H13ClN3O3/c1-6(7)13-8-10(11)9-2-4-12-5-3-9/h6H,2-5H2,1H3,(H,8,11)/q+1. The van der Waals surface area contributed by atoms with Crippen LogP contribution in [0.3, 0.4) is 0 Å². The molecule has 1 unspecified atom stereocenters. The molecule has 1 fully saturated rings. The van der Waals surface area contributed by atoms with Crippen LogP contribution in [0, 0.1) is 4.91 Å². The normalized spacial score (nSPS) is 19.7. The summed E-state index contributed by atoms with van der Waals surface area (Å²) in [4.78, 5) is 16.4. The van der Waals surface area contributed by atoms with Gasteiger partial charge in [0.1, 0.15) is 13.1 Å². The van der Waals surface area contributed by atoms with Crippen LogP contribution in [-0.2, 0) is 9.57 Å². The lowest BCUT2D eigenvalue weighted by molar-refractivity contribution is -0.791. The quantitative estimate of drug-likeness (QED) is 0.403. The van der Waals surface area contributed by atoms with E-state index in [4.69, 9.17) is 21.2 Å². The molecule has 1 aliphatic rings. The van der Waals surface area contributed by atoms with Crippen molar-refractivity contribution in [1.82, 2.24) is 10.6 Å². The molecule has 0 aromatic carbocycles. The summed E-state index contributed by atoms with van der Waals surface area (Å²) in [5, 5.41) is 1.53. The summed E-state index contributed by atoms with van der Waals surface area (Å²) in [5.74, 6) is 0. The molecule has 76 valence electrons. The summed E-state index contributed by atoms with van der Waals surface area (Å²) in [5.41, 5.74) is 1.62. The lowest BCUT2D eigenvalue weighted by Gasteiger charge is -2.18. The Balaban J connectivity index is 2.21. The van der Waals surface area contributed by atoms with Gasteiger partial charge in [0.05, 0.1) is 18.1 Å². The highest BCUT2D eigenvalue weighted by Crippen LogP contribution is 1.97. The Morgan fingerprint density at radius 3 is 2.77 bits per heavy atom. The summed E-state index contributed by atoms with van der Waals surface area (Å²) in [7, 11) is 0. The van der Waals surface area contributed by atoms with E-state index in [-0.39, 0.29) is 0 Å². The number of nitrogens with one attached hydrogen (secondary N) is 1. The largest absolute Gasteiger partial charge is 0.377 e. The van der Waals surface area contributed by atoms with Crippen LogP contribution in [0.15, 0.2) is 0 Å². The number of nitroso groups, excluding NO2 is 1. The van der Waals surface area contributed by atoms with Gasteiger partial charge in [0.25, 0.3) is 4.98 Å². The fraction of sp³-hybridized carbons (Fsp3) is 1.00. The van der Waals surface area contributed by atoms with Crippen LogP contribution >= 0.6 is 11.6 Å². The van der Waals surface area contributed by atoms with Crippen LogP contribution in [0.5, 0.6) is 0 Å². The maximum atomic E-state index is 11.2. The molecule has 13 heavy (non-hydrogen) atoms. The molecule has 1 rings (SSSR count). The van der Waals surface area contributed by atoms with Crippen molar-refractivity contribution < 1.29 is 14.6 Å². The van der Waals surface area contributed by atoms with Crippen molar-refractivity contribution in [2.24, 2.45) is 0 Å². The van der Waals surface area contributed by atoms with Crippen molar-refractivity contribution in [3.63, 3.8) is 0 Å². The van der Waals surface area contributed by atoms with Gasteiger partial charge in [-0.1, -0.05) is 11.6 Å². The molecule has 6 nitrogen and oxygen atoms in total. The summed E-state index contributed by atoms with van der Waals surface area (Å²) < 4.78 is 5.07. The third-order valence-corrected chi connectivity index (χ3v) is 1.63. The number of hydrogen-bond donors (Lipinski definition) is 1. The average Bonchev–Trinajstić information content (AvgIpc) is 2.15. The maximum absolute atomic E-state index is 11.2. The van der Waals surface area contributed by atoms with Crippen molar-refractivity contribution in [2.45, 2.75) is 12.5 Å². The van der Waals surface area contributed by atoms with E-state index in [2.05, 4.69) is 5.59 Å². The number of hydrazine groups is 2. The SMILES string of the molecule is CC(Cl)ON[N+](=O)N1CCOCC1. The molecule has 0 aromatic rings. The summed E-state index contributed by atoms with van der Waals surface area (Å²) in [6.45, 7) is 3.82. The second kappa shape index (κ2) is 5.21. The zero-order valence-electron chi connectivity index (χ0n) is 7.40. The molecule has 1 saturated heterocycles. The van der Waals surface area contributed by atoms with Gasteiger partial charge in [-0.15, -0.1) is 5.01 Å². The van der Waals surface area contributed by atoms with Gasteiger partial charge < -0.3 is 4.74 Å². The van der Waals surface area contributed by atoms with E-state index in [9.17, 15) is 4.91 Å². The van der Waals surface area contributed by atoms with Crippen molar-refractivity contribution in [1.29, 1.82) is 0 Å². The van der Waals surface area contributed by atoms with Gasteiger partial charge in [-0.3, -0.25) is 0 Å². The summed E-state index contributed by atoms with van der Waals surface area (Å²) >= 11 is 5.47. The highest BCUT2D eigenvalue weighted by molar-refractivity contribution is 6.19. The third-order valence-electron chi connectivity index (χ3n) is 1.54. The Hall–Kier alpha value is -0.590. The van der Waals surface area contributed by atoms with Gasteiger partial charge in [-0.25, -0.2) is 4.84 Å². The lowest BCUT2D eigenvalue weighted by atomic mass is 10.5. The zero-order valence-corrected chi connectivity index (χ0v) is 8.16. The number of ether oxygens (including phenoxy) is 1. The second-order valence-electron chi connectivity index (χ2n) is 2.59. The van der Waals surface area contributed by atoms with E-state index in [1.54, 1.807) is 6.92 Å². The van der Waals surface area contributed by atoms with E-state index < -0.39 is 5.56 Å². The van der Waals surface area contributed by atoms with Crippen LogP contribution in [0.4, 0.5) is 0 Å². The molecule has 1 aliphatic heterocycles. The van der Waals surface area contributed by atoms with E-state index in [0.29, 0.717) is 31.3 Å². The Bertz CT molecular complexity index is 173. The van der Waals surface area contributed by atoms with Crippen molar-refractivity contribution in [2.75, 3.05) is 26.3 Å². The molecule has 0 radical (unpaired) electrons. The number of nitrogens with zero attached hydrogens (tertiary/aromatic N) is 2. The third kappa shape index (κ3) is 3.75. The molecule has 0 aromatic heterocycles. The fourth-order valence-electron chi connectivity index (χ4n) is 0.911. The minimum absolute atomic E-state index is 0.529. The Morgan fingerprint density at radius 2 is 2.23 bits per heavy atom. The molecule has 7 heteroatoms. The van der Waals surface area contributed by atoms with E-state index >= 15 is 0 Å². The van der Waals surface area contributed by atoms with Gasteiger partial charge >= 0.3 is 0 Å². The summed E-state index contributed by atoms with van der Waals surface area (Å²) in [6, 6.07) is 0. The second-order valence-corrected chi connectivity index (χ2v) is 3.21. The van der Waals surface area contributed by atoms with Crippen LogP contribution in [0.25, 0.3) is 0 Å². The van der Waals surface area contributed by atoms with Crippen LogP contribution < -0.4 is 5.59 Å². The molecule has 1 N–H and O–H groups in total. The van der Waals surface area contributed by atoms with E-state index in [1.807, 2.05) is 0 Å². The fourth-order valence-corrected chi connectivity index (χ4v) is 0.951. The molecule has 0 amide bonds. The average molecular weight is 211 g/mol. The van der Waals surface area contributed by atoms with Gasteiger partial charge in [0.2, 0.25) is 0 Å². The van der Waals surface area contributed by atoms with Gasteiger partial charge in [0.15, 0.2) is 5.56 Å². The van der Waals surface area contributed by atoms with Crippen molar-refractivity contribution >= 4 is 11.6 Å². The van der Waals surface area contributed by atoms with Crippen molar-refractivity contribution in [3.8, 4) is 0 Å². The minimum Gasteiger partial charge on any atom is -0.377 e. The predicted molar refractivity (Wildman–Crippen MR) is 45.6 cm³/mol. The molecule has 0 spiro atoms. The van der Waals surface area contributed by atoms with Gasteiger partial charge in [-0.2, -0.15) is 0 Å². The first kappa shape index (κ1) is 10.5. The van der Waals surface area contributed by atoms with Crippen molar-refractivity contribution in [3.05, 3.63) is 4.91 Å². The minimum atomic E-state index is -0.544. The van der Waals surface area contributed by atoms with Crippen LogP contribution in [-0.4, -0.2) is 41.9 Å². The number of alkyl halides is 1. The molecule has 1 atom stereocenters. The number of hydrogen-bond acceptors (Lipinski definition) is 3. The van der Waals surface area contributed by atoms with Crippen LogP contribution in [0.1, 0.15) is 6.92 Å². The van der Waals surface area contributed by atoms with Gasteiger partial charge in [-0.05, 0) is 6.92 Å². The molecular weight excluding hydrogens is 198 g/mol. The Morgan fingerprint density at radius 1 is 1.62 bits per heavy atom. The van der Waals surface area contributed by atoms with Gasteiger partial charge in [0, 0.05) is 5.59 Å². The highest BCUT2D eigenvalue weighted by atomic mass is 35.5. The molecule has 1 heterocycles. The molecule has 0 bridgehead atoms. The number of halogens is 1. The molecular formula is C6H13ClN3O3+. The summed E-state index contributed by atoms with van der Waals surface area (Å²) in [6.07, 6.45) is 0. The lowest BCUT2D eigenvalue weighted by Crippen LogP contribution is -2.48. The zero-order chi connectivity index (χ0) is 9.68. The number of morpholine rings is 1. The Kier molecular flexibility index (Phi) is 4.20. The predicted octanol–water partition coefficient (Wildman–Crippen LogP) is 0.0335. The monoisotopic (exact) mass is 210 g/mol.